The number of furan rings is 1. The first-order valence-electron chi connectivity index (χ1n) is 19.0. The third-order valence-electron chi connectivity index (χ3n) is 11.1. The van der Waals surface area contributed by atoms with Crippen LogP contribution in [0.5, 0.6) is 0 Å². The standard InChI is InChI=1S/C51H30N4OS/c1-3-12-31(13-4-1)33-22-25-38-39-26-23-34(29-47(39)57-46(38)28-33)50-52-49(32-14-5-2-6-15-32)53-51(54-50)40-18-11-21-45-48(40)41-30-35(24-27-44(41)56-45)55-42-19-9-7-16-36(42)37-17-8-10-20-43(37)55/h1-30H. The van der Waals surface area contributed by atoms with E-state index < -0.39 is 0 Å². The van der Waals surface area contributed by atoms with Crippen LogP contribution < -0.4 is 0 Å². The Kier molecular flexibility index (Phi) is 7.03. The molecule has 0 N–H and O–H groups in total. The molecule has 0 saturated heterocycles. The first kappa shape index (κ1) is 31.9. The maximum atomic E-state index is 6.53. The van der Waals surface area contributed by atoms with Gasteiger partial charge in [0, 0.05) is 64.1 Å². The lowest BCUT2D eigenvalue weighted by Crippen LogP contribution is -2.00. The molecule has 0 radical (unpaired) electrons. The largest absolute Gasteiger partial charge is 0.456 e. The van der Waals surface area contributed by atoms with Crippen LogP contribution in [-0.2, 0) is 0 Å². The van der Waals surface area contributed by atoms with E-state index in [1.165, 1.54) is 42.1 Å². The summed E-state index contributed by atoms with van der Waals surface area (Å²) in [6.07, 6.45) is 0. The maximum Gasteiger partial charge on any atom is 0.164 e. The maximum absolute atomic E-state index is 6.53. The Labute approximate surface area is 330 Å². The van der Waals surface area contributed by atoms with Crippen molar-refractivity contribution >= 4 is 75.3 Å². The van der Waals surface area contributed by atoms with Crippen molar-refractivity contribution in [3.05, 3.63) is 182 Å². The molecule has 0 unspecified atom stereocenters. The van der Waals surface area contributed by atoms with Crippen LogP contribution >= 0.6 is 11.3 Å². The second-order valence-corrected chi connectivity index (χ2v) is 15.5. The lowest BCUT2D eigenvalue weighted by Gasteiger charge is -2.10. The third-order valence-corrected chi connectivity index (χ3v) is 12.2. The summed E-state index contributed by atoms with van der Waals surface area (Å²) in [6, 6.07) is 63.8. The molecule has 4 aromatic heterocycles. The molecule has 5 nitrogen and oxygen atoms in total. The minimum atomic E-state index is 0.596. The van der Waals surface area contributed by atoms with Crippen molar-refractivity contribution in [1.29, 1.82) is 0 Å². The normalized spacial score (nSPS) is 11.9. The van der Waals surface area contributed by atoms with E-state index in [0.717, 1.165) is 55.3 Å². The fraction of sp³-hybridized carbons (Fsp3) is 0. The summed E-state index contributed by atoms with van der Waals surface area (Å²) in [5, 5.41) is 6.90. The summed E-state index contributed by atoms with van der Waals surface area (Å²) in [5.41, 5.74) is 10.2. The Balaban J connectivity index is 1.04. The number of aromatic nitrogens is 4. The number of rotatable bonds is 5. The Hall–Kier alpha value is -7.41. The Morgan fingerprint density at radius 3 is 1.70 bits per heavy atom. The molecule has 0 fully saturated rings. The van der Waals surface area contributed by atoms with Gasteiger partial charge in [0.15, 0.2) is 17.5 Å². The number of hydrogen-bond acceptors (Lipinski definition) is 5. The van der Waals surface area contributed by atoms with Gasteiger partial charge in [0.25, 0.3) is 0 Å². The zero-order valence-corrected chi connectivity index (χ0v) is 31.2. The van der Waals surface area contributed by atoms with E-state index >= 15 is 0 Å². The molecule has 0 amide bonds. The van der Waals surface area contributed by atoms with Crippen molar-refractivity contribution in [2.24, 2.45) is 0 Å². The van der Waals surface area contributed by atoms with Crippen LogP contribution in [0, 0.1) is 0 Å². The minimum Gasteiger partial charge on any atom is -0.456 e. The molecule has 0 spiro atoms. The second-order valence-electron chi connectivity index (χ2n) is 14.4. The summed E-state index contributed by atoms with van der Waals surface area (Å²) >= 11 is 1.80. The van der Waals surface area contributed by atoms with E-state index in [2.05, 4.69) is 144 Å². The Bertz CT molecular complexity index is 3470. The molecule has 6 heteroatoms. The predicted octanol–water partition coefficient (Wildman–Crippen LogP) is 13.9. The fourth-order valence-electron chi connectivity index (χ4n) is 8.41. The van der Waals surface area contributed by atoms with Gasteiger partial charge < -0.3 is 8.98 Å². The first-order valence-corrected chi connectivity index (χ1v) is 19.8. The molecule has 57 heavy (non-hydrogen) atoms. The molecular formula is C51H30N4OS. The Morgan fingerprint density at radius 1 is 0.386 bits per heavy atom. The van der Waals surface area contributed by atoms with Crippen molar-refractivity contribution in [3.63, 3.8) is 0 Å². The summed E-state index contributed by atoms with van der Waals surface area (Å²) in [4.78, 5) is 15.5. The summed E-state index contributed by atoms with van der Waals surface area (Å²) in [6.45, 7) is 0. The fourth-order valence-corrected chi connectivity index (χ4v) is 9.59. The number of nitrogens with zero attached hydrogens (tertiary/aromatic N) is 4. The minimum absolute atomic E-state index is 0.596. The first-order chi connectivity index (χ1) is 28.2. The number of hydrogen-bond donors (Lipinski definition) is 0. The van der Waals surface area contributed by atoms with Gasteiger partial charge in [-0.25, -0.2) is 15.0 Å². The smallest absolute Gasteiger partial charge is 0.164 e. The van der Waals surface area contributed by atoms with E-state index in [-0.39, 0.29) is 0 Å². The quantitative estimate of drug-likeness (QED) is 0.176. The topological polar surface area (TPSA) is 56.7 Å². The van der Waals surface area contributed by atoms with Gasteiger partial charge in [-0.15, -0.1) is 11.3 Å². The second kappa shape index (κ2) is 12.6. The number of benzene rings is 8. The monoisotopic (exact) mass is 746 g/mol. The van der Waals surface area contributed by atoms with E-state index in [1.807, 2.05) is 42.5 Å². The molecule has 0 aliphatic heterocycles. The van der Waals surface area contributed by atoms with Gasteiger partial charge in [-0.2, -0.15) is 0 Å². The SMILES string of the molecule is c1ccc(-c2ccc3c(c2)sc2cc(-c4nc(-c5ccccc5)nc(-c5cccc6oc7ccc(-n8c9ccccc9c9ccccc98)cc7c56)n4)ccc23)cc1. The van der Waals surface area contributed by atoms with Gasteiger partial charge in [0.05, 0.1) is 11.0 Å². The molecule has 266 valence electrons. The van der Waals surface area contributed by atoms with Crippen molar-refractivity contribution in [3.8, 4) is 51.0 Å². The third kappa shape index (κ3) is 5.12. The molecule has 8 aromatic carbocycles. The van der Waals surface area contributed by atoms with Crippen molar-refractivity contribution in [2.45, 2.75) is 0 Å². The van der Waals surface area contributed by atoms with Crippen LogP contribution in [0.25, 0.3) is 115 Å². The summed E-state index contributed by atoms with van der Waals surface area (Å²) < 4.78 is 11.3. The van der Waals surface area contributed by atoms with Gasteiger partial charge >= 0.3 is 0 Å². The van der Waals surface area contributed by atoms with Crippen molar-refractivity contribution in [1.82, 2.24) is 19.5 Å². The van der Waals surface area contributed by atoms with Crippen LogP contribution in [0.2, 0.25) is 0 Å². The molecule has 12 aromatic rings. The van der Waals surface area contributed by atoms with Crippen LogP contribution in [0.1, 0.15) is 0 Å². The van der Waals surface area contributed by atoms with Crippen LogP contribution in [0.4, 0.5) is 0 Å². The summed E-state index contributed by atoms with van der Waals surface area (Å²) in [7, 11) is 0. The van der Waals surface area contributed by atoms with E-state index in [0.29, 0.717) is 17.5 Å². The molecule has 0 aliphatic carbocycles. The molecule has 0 bridgehead atoms. The van der Waals surface area contributed by atoms with E-state index in [9.17, 15) is 0 Å². The molecular weight excluding hydrogens is 717 g/mol. The highest BCUT2D eigenvalue weighted by Gasteiger charge is 2.20. The Morgan fingerprint density at radius 2 is 0.982 bits per heavy atom. The molecule has 0 aliphatic rings. The molecule has 0 saturated carbocycles. The number of fused-ring (bicyclic) bond motifs is 9. The van der Waals surface area contributed by atoms with Crippen LogP contribution in [-0.4, -0.2) is 19.5 Å². The molecule has 4 heterocycles. The van der Waals surface area contributed by atoms with Gasteiger partial charge in [-0.1, -0.05) is 133 Å². The van der Waals surface area contributed by atoms with E-state index in [1.54, 1.807) is 11.3 Å². The van der Waals surface area contributed by atoms with Crippen molar-refractivity contribution < 1.29 is 4.42 Å². The van der Waals surface area contributed by atoms with E-state index in [4.69, 9.17) is 19.4 Å². The lowest BCUT2D eigenvalue weighted by atomic mass is 10.0. The highest BCUT2D eigenvalue weighted by molar-refractivity contribution is 7.25. The van der Waals surface area contributed by atoms with Gasteiger partial charge in [0.1, 0.15) is 11.2 Å². The zero-order valence-electron chi connectivity index (χ0n) is 30.4. The van der Waals surface area contributed by atoms with Crippen molar-refractivity contribution in [2.75, 3.05) is 0 Å². The van der Waals surface area contributed by atoms with Gasteiger partial charge in [-0.05, 0) is 59.7 Å². The highest BCUT2D eigenvalue weighted by Crippen LogP contribution is 2.41. The average Bonchev–Trinajstić information content (AvgIpc) is 3.95. The lowest BCUT2D eigenvalue weighted by molar-refractivity contribution is 0.669. The van der Waals surface area contributed by atoms with Gasteiger partial charge in [-0.3, -0.25) is 0 Å². The predicted molar refractivity (Wildman–Crippen MR) is 236 cm³/mol. The zero-order chi connectivity index (χ0) is 37.5. The highest BCUT2D eigenvalue weighted by atomic mass is 32.1. The van der Waals surface area contributed by atoms with Crippen LogP contribution in [0.3, 0.4) is 0 Å². The number of para-hydroxylation sites is 2. The molecule has 12 rings (SSSR count). The summed E-state index contributed by atoms with van der Waals surface area (Å²) in [5.74, 6) is 1.84. The average molecular weight is 747 g/mol. The van der Waals surface area contributed by atoms with Gasteiger partial charge in [0.2, 0.25) is 0 Å². The number of thiophene rings is 1. The van der Waals surface area contributed by atoms with Crippen LogP contribution in [0.15, 0.2) is 186 Å². The molecule has 0 atom stereocenters.